The fourth-order valence-electron chi connectivity index (χ4n) is 3.11. The van der Waals surface area contributed by atoms with Crippen molar-refractivity contribution in [1.82, 2.24) is 9.97 Å². The molecule has 0 aliphatic heterocycles. The standard InChI is InChI=1S/C20H23N3O2S2/c1-13(10-11-27(2,24)25)21-19-17-16(14-6-4-3-5-7-14)12-26-20(17)23-18(22-19)15-8-9-15/h3-7,12-13,15H,8-11H2,1-2H3,(H,21,22,23). The van der Waals surface area contributed by atoms with Gasteiger partial charge in [0.05, 0.1) is 11.1 Å². The summed E-state index contributed by atoms with van der Waals surface area (Å²) in [4.78, 5) is 10.6. The molecule has 1 fully saturated rings. The summed E-state index contributed by atoms with van der Waals surface area (Å²) in [6.45, 7) is 2.00. The fourth-order valence-corrected chi connectivity index (χ4v) is 4.85. The smallest absolute Gasteiger partial charge is 0.147 e. The molecule has 2 aromatic heterocycles. The summed E-state index contributed by atoms with van der Waals surface area (Å²) in [5.41, 5.74) is 2.26. The van der Waals surface area contributed by atoms with Crippen LogP contribution >= 0.6 is 11.3 Å². The number of hydrogen-bond acceptors (Lipinski definition) is 6. The second-order valence-electron chi connectivity index (χ2n) is 7.36. The topological polar surface area (TPSA) is 72.0 Å². The molecule has 1 aliphatic rings. The molecule has 7 heteroatoms. The lowest BCUT2D eigenvalue weighted by molar-refractivity contribution is 0.595. The van der Waals surface area contributed by atoms with Gasteiger partial charge in [-0.25, -0.2) is 18.4 Å². The van der Waals surface area contributed by atoms with Gasteiger partial charge in [0.15, 0.2) is 0 Å². The predicted octanol–water partition coefficient (Wildman–Crippen LogP) is 4.47. The van der Waals surface area contributed by atoms with E-state index in [0.29, 0.717) is 12.3 Å². The molecule has 4 rings (SSSR count). The molecule has 0 bridgehead atoms. The second-order valence-corrected chi connectivity index (χ2v) is 10.5. The van der Waals surface area contributed by atoms with Crippen LogP contribution in [0, 0.1) is 0 Å². The Kier molecular flexibility index (Phi) is 4.90. The van der Waals surface area contributed by atoms with Gasteiger partial charge in [0.25, 0.3) is 0 Å². The molecule has 142 valence electrons. The summed E-state index contributed by atoms with van der Waals surface area (Å²) in [6, 6.07) is 10.3. The molecule has 1 unspecified atom stereocenters. The van der Waals surface area contributed by atoms with Crippen LogP contribution in [0.4, 0.5) is 5.82 Å². The van der Waals surface area contributed by atoms with E-state index in [0.717, 1.165) is 45.8 Å². The van der Waals surface area contributed by atoms with Crippen LogP contribution in [-0.4, -0.2) is 36.4 Å². The Bertz CT molecular complexity index is 1060. The van der Waals surface area contributed by atoms with E-state index in [1.807, 2.05) is 25.1 Å². The van der Waals surface area contributed by atoms with Gasteiger partial charge in [-0.2, -0.15) is 0 Å². The molecule has 1 atom stereocenters. The van der Waals surface area contributed by atoms with E-state index in [4.69, 9.17) is 9.97 Å². The molecule has 0 spiro atoms. The molecule has 2 heterocycles. The van der Waals surface area contributed by atoms with Gasteiger partial charge < -0.3 is 5.32 Å². The van der Waals surface area contributed by atoms with Crippen molar-refractivity contribution in [3.05, 3.63) is 41.5 Å². The summed E-state index contributed by atoms with van der Waals surface area (Å²) in [5.74, 6) is 2.35. The SMILES string of the molecule is CC(CCS(C)(=O)=O)Nc1nc(C2CC2)nc2scc(-c3ccccc3)c12. The number of sulfone groups is 1. The van der Waals surface area contributed by atoms with Crippen LogP contribution in [0.3, 0.4) is 0 Å². The Morgan fingerprint density at radius 1 is 1.22 bits per heavy atom. The zero-order valence-electron chi connectivity index (χ0n) is 15.5. The highest BCUT2D eigenvalue weighted by Gasteiger charge is 2.28. The minimum atomic E-state index is -2.98. The molecular formula is C20H23N3O2S2. The van der Waals surface area contributed by atoms with Crippen LogP contribution in [0.25, 0.3) is 21.3 Å². The largest absolute Gasteiger partial charge is 0.367 e. The Balaban J connectivity index is 1.73. The Hall–Kier alpha value is -1.99. The second kappa shape index (κ2) is 7.20. The number of fused-ring (bicyclic) bond motifs is 1. The highest BCUT2D eigenvalue weighted by Crippen LogP contribution is 2.42. The monoisotopic (exact) mass is 401 g/mol. The first-order chi connectivity index (χ1) is 12.9. The minimum Gasteiger partial charge on any atom is -0.367 e. The molecule has 27 heavy (non-hydrogen) atoms. The van der Waals surface area contributed by atoms with E-state index in [1.165, 1.54) is 6.26 Å². The third kappa shape index (κ3) is 4.30. The number of nitrogens with zero attached hydrogens (tertiary/aromatic N) is 2. The van der Waals surface area contributed by atoms with Crippen LogP contribution < -0.4 is 5.32 Å². The average Bonchev–Trinajstić information content (AvgIpc) is 3.39. The molecule has 0 saturated heterocycles. The van der Waals surface area contributed by atoms with Gasteiger partial charge in [-0.15, -0.1) is 11.3 Å². The van der Waals surface area contributed by atoms with Crippen molar-refractivity contribution in [2.24, 2.45) is 0 Å². The van der Waals surface area contributed by atoms with E-state index in [-0.39, 0.29) is 11.8 Å². The summed E-state index contributed by atoms with van der Waals surface area (Å²) in [7, 11) is -2.98. The van der Waals surface area contributed by atoms with E-state index < -0.39 is 9.84 Å². The zero-order valence-corrected chi connectivity index (χ0v) is 17.1. The quantitative estimate of drug-likeness (QED) is 0.632. The molecule has 1 aliphatic carbocycles. The third-order valence-corrected chi connectivity index (χ3v) is 6.63. The maximum Gasteiger partial charge on any atom is 0.147 e. The molecular weight excluding hydrogens is 378 g/mol. The Morgan fingerprint density at radius 2 is 1.96 bits per heavy atom. The van der Waals surface area contributed by atoms with Crippen molar-refractivity contribution < 1.29 is 8.42 Å². The van der Waals surface area contributed by atoms with Crippen LogP contribution in [0.5, 0.6) is 0 Å². The van der Waals surface area contributed by atoms with Crippen LogP contribution in [0.1, 0.15) is 37.9 Å². The van der Waals surface area contributed by atoms with Gasteiger partial charge in [0, 0.05) is 29.2 Å². The van der Waals surface area contributed by atoms with Crippen LogP contribution in [-0.2, 0) is 9.84 Å². The maximum absolute atomic E-state index is 11.5. The van der Waals surface area contributed by atoms with Crippen molar-refractivity contribution in [2.45, 2.75) is 38.1 Å². The first kappa shape index (κ1) is 18.4. The number of hydrogen-bond donors (Lipinski definition) is 1. The van der Waals surface area contributed by atoms with Gasteiger partial charge in [0.1, 0.15) is 26.3 Å². The lowest BCUT2D eigenvalue weighted by Crippen LogP contribution is -2.20. The van der Waals surface area contributed by atoms with Gasteiger partial charge in [-0.05, 0) is 31.7 Å². The number of thiophene rings is 1. The Labute approximate surface area is 163 Å². The van der Waals surface area contributed by atoms with Crippen molar-refractivity contribution in [3.8, 4) is 11.1 Å². The molecule has 1 aromatic carbocycles. The summed E-state index contributed by atoms with van der Waals surface area (Å²) in [6.07, 6.45) is 4.12. The van der Waals surface area contributed by atoms with Crippen molar-refractivity contribution in [1.29, 1.82) is 0 Å². The molecule has 5 nitrogen and oxygen atoms in total. The number of anilines is 1. The summed E-state index contributed by atoms with van der Waals surface area (Å²) in [5, 5.41) is 6.63. The molecule has 1 N–H and O–H groups in total. The minimum absolute atomic E-state index is 0.00778. The molecule has 0 radical (unpaired) electrons. The molecule has 0 amide bonds. The van der Waals surface area contributed by atoms with Crippen molar-refractivity contribution >= 4 is 37.2 Å². The van der Waals surface area contributed by atoms with Crippen molar-refractivity contribution in [2.75, 3.05) is 17.3 Å². The van der Waals surface area contributed by atoms with Gasteiger partial charge in [0.2, 0.25) is 0 Å². The van der Waals surface area contributed by atoms with E-state index in [9.17, 15) is 8.42 Å². The fraction of sp³-hybridized carbons (Fsp3) is 0.400. The Morgan fingerprint density at radius 3 is 2.63 bits per heavy atom. The van der Waals surface area contributed by atoms with E-state index in [1.54, 1.807) is 11.3 Å². The lowest BCUT2D eigenvalue weighted by Gasteiger charge is -2.16. The van der Waals surface area contributed by atoms with Crippen molar-refractivity contribution in [3.63, 3.8) is 0 Å². The predicted molar refractivity (Wildman–Crippen MR) is 112 cm³/mol. The average molecular weight is 402 g/mol. The van der Waals surface area contributed by atoms with E-state index in [2.05, 4.69) is 22.8 Å². The first-order valence-electron chi connectivity index (χ1n) is 9.19. The van der Waals surface area contributed by atoms with Crippen LogP contribution in [0.15, 0.2) is 35.7 Å². The maximum atomic E-state index is 11.5. The lowest BCUT2D eigenvalue weighted by atomic mass is 10.1. The summed E-state index contributed by atoms with van der Waals surface area (Å²) < 4.78 is 23.0. The normalized spacial score (nSPS) is 15.8. The number of aromatic nitrogens is 2. The highest BCUT2D eigenvalue weighted by molar-refractivity contribution is 7.90. The van der Waals surface area contributed by atoms with Gasteiger partial charge in [-0.1, -0.05) is 30.3 Å². The molecule has 3 aromatic rings. The zero-order chi connectivity index (χ0) is 19.0. The highest BCUT2D eigenvalue weighted by atomic mass is 32.2. The van der Waals surface area contributed by atoms with Crippen LogP contribution in [0.2, 0.25) is 0 Å². The van der Waals surface area contributed by atoms with Gasteiger partial charge in [-0.3, -0.25) is 0 Å². The molecule has 1 saturated carbocycles. The van der Waals surface area contributed by atoms with E-state index >= 15 is 0 Å². The van der Waals surface area contributed by atoms with Gasteiger partial charge >= 0.3 is 0 Å². The number of nitrogens with one attached hydrogen (secondary N) is 1. The number of rotatable bonds is 7. The number of benzene rings is 1. The first-order valence-corrected chi connectivity index (χ1v) is 12.1. The summed E-state index contributed by atoms with van der Waals surface area (Å²) >= 11 is 1.64. The third-order valence-electron chi connectivity index (χ3n) is 4.78.